The SMILES string of the molecule is Cc1cnn(CC2(CBr)CCCCCC2)c1. The van der Waals surface area contributed by atoms with E-state index in [1.165, 1.54) is 44.1 Å². The summed E-state index contributed by atoms with van der Waals surface area (Å²) in [5, 5.41) is 5.54. The van der Waals surface area contributed by atoms with Crippen molar-refractivity contribution >= 4 is 15.9 Å². The maximum absolute atomic E-state index is 4.43. The molecule has 0 aromatic carbocycles. The van der Waals surface area contributed by atoms with E-state index in [0.717, 1.165) is 11.9 Å². The molecule has 3 heteroatoms. The standard InChI is InChI=1S/C13H21BrN2/c1-12-8-15-16(9-12)11-13(10-14)6-4-2-3-5-7-13/h8-9H,2-7,10-11H2,1H3. The van der Waals surface area contributed by atoms with Crippen molar-refractivity contribution in [2.75, 3.05) is 5.33 Å². The molecule has 2 nitrogen and oxygen atoms in total. The summed E-state index contributed by atoms with van der Waals surface area (Å²) in [4.78, 5) is 0. The number of hydrogen-bond donors (Lipinski definition) is 0. The fourth-order valence-corrected chi connectivity index (χ4v) is 3.45. The molecule has 0 unspecified atom stereocenters. The summed E-state index contributed by atoms with van der Waals surface area (Å²) in [6.45, 7) is 3.18. The van der Waals surface area contributed by atoms with Gasteiger partial charge in [-0.15, -0.1) is 0 Å². The van der Waals surface area contributed by atoms with Crippen molar-refractivity contribution < 1.29 is 0 Å². The number of aromatic nitrogens is 2. The van der Waals surface area contributed by atoms with E-state index in [9.17, 15) is 0 Å². The Morgan fingerprint density at radius 1 is 1.31 bits per heavy atom. The lowest BCUT2D eigenvalue weighted by Crippen LogP contribution is -2.28. The zero-order valence-electron chi connectivity index (χ0n) is 10.1. The van der Waals surface area contributed by atoms with Crippen LogP contribution in [-0.2, 0) is 6.54 Å². The van der Waals surface area contributed by atoms with Gasteiger partial charge in [0.05, 0.1) is 6.20 Å². The van der Waals surface area contributed by atoms with Crippen LogP contribution in [0.2, 0.25) is 0 Å². The Hall–Kier alpha value is -0.310. The number of nitrogens with zero attached hydrogens (tertiary/aromatic N) is 2. The van der Waals surface area contributed by atoms with Gasteiger partial charge in [-0.2, -0.15) is 5.10 Å². The second-order valence-electron chi connectivity index (χ2n) is 5.26. The van der Waals surface area contributed by atoms with E-state index < -0.39 is 0 Å². The summed E-state index contributed by atoms with van der Waals surface area (Å²) in [6.07, 6.45) is 12.4. The fraction of sp³-hybridized carbons (Fsp3) is 0.769. The first kappa shape index (κ1) is 12.2. The molecule has 1 aromatic rings. The van der Waals surface area contributed by atoms with Crippen molar-refractivity contribution in [3.8, 4) is 0 Å². The number of hydrogen-bond acceptors (Lipinski definition) is 1. The van der Waals surface area contributed by atoms with Crippen molar-refractivity contribution in [2.24, 2.45) is 5.41 Å². The van der Waals surface area contributed by atoms with Crippen LogP contribution in [0, 0.1) is 12.3 Å². The fourth-order valence-electron chi connectivity index (χ4n) is 2.71. The van der Waals surface area contributed by atoms with E-state index in [2.05, 4.69) is 38.8 Å². The maximum Gasteiger partial charge on any atom is 0.0518 e. The molecular weight excluding hydrogens is 264 g/mol. The molecule has 0 spiro atoms. The minimum atomic E-state index is 0.439. The molecule has 90 valence electrons. The summed E-state index contributed by atoms with van der Waals surface area (Å²) >= 11 is 3.73. The van der Waals surface area contributed by atoms with Crippen LogP contribution < -0.4 is 0 Å². The van der Waals surface area contributed by atoms with Gasteiger partial charge in [-0.1, -0.05) is 41.6 Å². The van der Waals surface area contributed by atoms with Gasteiger partial charge in [-0.05, 0) is 30.7 Å². The number of alkyl halides is 1. The van der Waals surface area contributed by atoms with Gasteiger partial charge in [0.15, 0.2) is 0 Å². The Morgan fingerprint density at radius 2 is 2.00 bits per heavy atom. The molecule has 0 amide bonds. The van der Waals surface area contributed by atoms with Crippen LogP contribution in [0.1, 0.15) is 44.1 Å². The molecule has 2 rings (SSSR count). The van der Waals surface area contributed by atoms with Gasteiger partial charge in [0, 0.05) is 18.1 Å². The molecule has 16 heavy (non-hydrogen) atoms. The number of rotatable bonds is 3. The third kappa shape index (κ3) is 2.88. The van der Waals surface area contributed by atoms with E-state index in [4.69, 9.17) is 0 Å². The highest BCUT2D eigenvalue weighted by Gasteiger charge is 2.30. The summed E-state index contributed by atoms with van der Waals surface area (Å²) in [6, 6.07) is 0. The van der Waals surface area contributed by atoms with Gasteiger partial charge in [0.25, 0.3) is 0 Å². The first-order chi connectivity index (χ1) is 7.74. The average Bonchev–Trinajstić information content (AvgIpc) is 2.54. The summed E-state index contributed by atoms with van der Waals surface area (Å²) in [7, 11) is 0. The van der Waals surface area contributed by atoms with Crippen LogP contribution in [0.15, 0.2) is 12.4 Å². The summed E-state index contributed by atoms with van der Waals surface area (Å²) in [5.41, 5.74) is 1.70. The van der Waals surface area contributed by atoms with Crippen molar-refractivity contribution in [3.05, 3.63) is 18.0 Å². The van der Waals surface area contributed by atoms with Gasteiger partial charge in [0.2, 0.25) is 0 Å². The van der Waals surface area contributed by atoms with Crippen molar-refractivity contribution in [2.45, 2.75) is 52.0 Å². The number of halogens is 1. The van der Waals surface area contributed by atoms with Gasteiger partial charge in [-0.25, -0.2) is 0 Å². The monoisotopic (exact) mass is 284 g/mol. The summed E-state index contributed by atoms with van der Waals surface area (Å²) in [5.74, 6) is 0. The Kier molecular flexibility index (Phi) is 4.06. The lowest BCUT2D eigenvalue weighted by Gasteiger charge is -2.30. The zero-order chi connectivity index (χ0) is 11.4. The molecule has 0 saturated heterocycles. The smallest absolute Gasteiger partial charge is 0.0518 e. The molecule has 1 aliphatic carbocycles. The van der Waals surface area contributed by atoms with Crippen LogP contribution in [0.5, 0.6) is 0 Å². The normalized spacial score (nSPS) is 20.6. The second-order valence-corrected chi connectivity index (χ2v) is 5.82. The van der Waals surface area contributed by atoms with Crippen molar-refractivity contribution in [3.63, 3.8) is 0 Å². The Morgan fingerprint density at radius 3 is 2.50 bits per heavy atom. The van der Waals surface area contributed by atoms with Gasteiger partial charge in [0.1, 0.15) is 0 Å². The van der Waals surface area contributed by atoms with E-state index in [1.54, 1.807) is 0 Å². The second kappa shape index (κ2) is 5.35. The van der Waals surface area contributed by atoms with E-state index in [1.807, 2.05) is 6.20 Å². The molecule has 0 N–H and O–H groups in total. The Balaban J connectivity index is 2.08. The van der Waals surface area contributed by atoms with Crippen molar-refractivity contribution in [1.29, 1.82) is 0 Å². The number of aryl methyl sites for hydroxylation is 1. The predicted octanol–water partition coefficient (Wildman–Crippen LogP) is 3.93. The quantitative estimate of drug-likeness (QED) is 0.608. The Bertz CT molecular complexity index is 324. The third-order valence-corrected chi connectivity index (χ3v) is 4.90. The molecule has 1 saturated carbocycles. The highest BCUT2D eigenvalue weighted by atomic mass is 79.9. The van der Waals surface area contributed by atoms with E-state index >= 15 is 0 Å². The lowest BCUT2D eigenvalue weighted by molar-refractivity contribution is 0.232. The van der Waals surface area contributed by atoms with Gasteiger partial charge in [-0.3, -0.25) is 4.68 Å². The molecule has 1 aliphatic rings. The first-order valence-corrected chi connectivity index (χ1v) is 7.41. The molecular formula is C13H21BrN2. The largest absolute Gasteiger partial charge is 0.272 e. The first-order valence-electron chi connectivity index (χ1n) is 6.29. The molecule has 0 atom stereocenters. The molecule has 0 bridgehead atoms. The van der Waals surface area contributed by atoms with Gasteiger partial charge < -0.3 is 0 Å². The molecule has 0 aliphatic heterocycles. The minimum Gasteiger partial charge on any atom is -0.272 e. The lowest BCUT2D eigenvalue weighted by atomic mass is 9.82. The van der Waals surface area contributed by atoms with E-state index in [0.29, 0.717) is 5.41 Å². The average molecular weight is 285 g/mol. The van der Waals surface area contributed by atoms with Crippen LogP contribution in [-0.4, -0.2) is 15.1 Å². The summed E-state index contributed by atoms with van der Waals surface area (Å²) < 4.78 is 2.13. The molecule has 1 fully saturated rings. The highest BCUT2D eigenvalue weighted by Crippen LogP contribution is 2.38. The van der Waals surface area contributed by atoms with E-state index in [-0.39, 0.29) is 0 Å². The maximum atomic E-state index is 4.43. The van der Waals surface area contributed by atoms with Crippen LogP contribution in [0.4, 0.5) is 0 Å². The van der Waals surface area contributed by atoms with Crippen LogP contribution >= 0.6 is 15.9 Å². The molecule has 1 aromatic heterocycles. The zero-order valence-corrected chi connectivity index (χ0v) is 11.7. The third-order valence-electron chi connectivity index (χ3n) is 3.71. The molecule has 1 heterocycles. The highest BCUT2D eigenvalue weighted by molar-refractivity contribution is 9.09. The van der Waals surface area contributed by atoms with Crippen LogP contribution in [0.3, 0.4) is 0 Å². The van der Waals surface area contributed by atoms with Crippen LogP contribution in [0.25, 0.3) is 0 Å². The molecule has 0 radical (unpaired) electrons. The van der Waals surface area contributed by atoms with Crippen molar-refractivity contribution in [1.82, 2.24) is 9.78 Å². The van der Waals surface area contributed by atoms with Gasteiger partial charge >= 0.3 is 0 Å². The minimum absolute atomic E-state index is 0.439. The predicted molar refractivity (Wildman–Crippen MR) is 70.9 cm³/mol. The topological polar surface area (TPSA) is 17.8 Å². The Labute approximate surface area is 107 Å².